The molecule has 0 saturated carbocycles. The summed E-state index contributed by atoms with van der Waals surface area (Å²) in [5.74, 6) is -1.79. The van der Waals surface area contributed by atoms with Crippen molar-refractivity contribution in [3.8, 4) is 0 Å². The Balaban J connectivity index is 2.40. The van der Waals surface area contributed by atoms with Crippen LogP contribution in [0.4, 0.5) is 8.78 Å². The Morgan fingerprint density at radius 1 is 0.583 bits per heavy atom. The summed E-state index contributed by atoms with van der Waals surface area (Å²) >= 11 is 13.6. The van der Waals surface area contributed by atoms with Crippen LogP contribution in [-0.4, -0.2) is 9.97 Å². The fourth-order valence-electron chi connectivity index (χ4n) is 2.70. The van der Waals surface area contributed by atoms with Crippen molar-refractivity contribution in [1.29, 1.82) is 0 Å². The molecule has 0 fully saturated rings. The average Bonchev–Trinajstić information content (AvgIpc) is 2.53. The highest BCUT2D eigenvalue weighted by Crippen LogP contribution is 2.39. The molecule has 2 heterocycles. The molecule has 0 bridgehead atoms. The molecule has 0 N–H and O–H groups in total. The molecule has 2 aromatic heterocycles. The first-order chi connectivity index (χ1) is 11.4. The van der Waals surface area contributed by atoms with Crippen LogP contribution < -0.4 is 0 Å². The van der Waals surface area contributed by atoms with Gasteiger partial charge in [0.1, 0.15) is 9.21 Å². The normalized spacial score (nSPS) is 11.8. The maximum absolute atomic E-state index is 13.9. The molecule has 2 aromatic carbocycles. The van der Waals surface area contributed by atoms with Crippen molar-refractivity contribution in [2.45, 2.75) is 0 Å². The van der Waals surface area contributed by atoms with Gasteiger partial charge < -0.3 is 0 Å². The van der Waals surface area contributed by atoms with Crippen molar-refractivity contribution in [2.75, 3.05) is 0 Å². The Hall–Kier alpha value is -0.700. The third-order valence-corrected chi connectivity index (χ3v) is 7.21. The molecule has 0 amide bonds. The van der Waals surface area contributed by atoms with Crippen LogP contribution in [0.1, 0.15) is 0 Å². The molecule has 4 aromatic rings. The predicted molar refractivity (Wildman–Crippen MR) is 105 cm³/mol. The van der Waals surface area contributed by atoms with Crippen molar-refractivity contribution in [3.05, 3.63) is 54.1 Å². The van der Waals surface area contributed by atoms with E-state index in [2.05, 4.69) is 73.7 Å². The third-order valence-electron chi connectivity index (χ3n) is 3.73. The van der Waals surface area contributed by atoms with E-state index >= 15 is 0 Å². The van der Waals surface area contributed by atoms with Gasteiger partial charge in [0, 0.05) is 10.8 Å². The van der Waals surface area contributed by atoms with Crippen molar-refractivity contribution in [2.24, 2.45) is 0 Å². The minimum Gasteiger partial charge on any atom is -0.237 e. The summed E-state index contributed by atoms with van der Waals surface area (Å²) in [5.41, 5.74) is 1.21. The maximum Gasteiger partial charge on any atom is 0.159 e. The standard InChI is InChI=1S/C16H4Br4F2N2/c17-9-1-7-5-3-11(21)12(22)4-6(5)8-2-10(18)16(20)24-14(8)13(7)23-15(9)19/h1-4H. The fraction of sp³-hybridized carbons (Fsp3) is 0. The van der Waals surface area contributed by atoms with E-state index in [1.807, 2.05) is 12.1 Å². The van der Waals surface area contributed by atoms with E-state index in [9.17, 15) is 8.78 Å². The topological polar surface area (TPSA) is 25.8 Å². The van der Waals surface area contributed by atoms with Gasteiger partial charge in [-0.15, -0.1) is 0 Å². The van der Waals surface area contributed by atoms with Gasteiger partial charge in [-0.1, -0.05) is 0 Å². The Kier molecular flexibility index (Phi) is 4.14. The van der Waals surface area contributed by atoms with Crippen LogP contribution in [0.3, 0.4) is 0 Å². The number of nitrogens with zero attached hydrogens (tertiary/aromatic N) is 2. The van der Waals surface area contributed by atoms with Gasteiger partial charge >= 0.3 is 0 Å². The molecule has 0 aliphatic heterocycles. The Bertz CT molecular complexity index is 911. The molecule has 120 valence electrons. The first kappa shape index (κ1) is 16.8. The van der Waals surface area contributed by atoms with Crippen LogP contribution in [0.5, 0.6) is 0 Å². The summed E-state index contributed by atoms with van der Waals surface area (Å²) in [5, 5.41) is 2.53. The number of aromatic nitrogens is 2. The zero-order valence-electron chi connectivity index (χ0n) is 11.5. The molecule has 0 spiro atoms. The van der Waals surface area contributed by atoms with E-state index in [1.165, 1.54) is 12.1 Å². The summed E-state index contributed by atoms with van der Waals surface area (Å²) in [6.07, 6.45) is 0. The summed E-state index contributed by atoms with van der Waals surface area (Å²) in [4.78, 5) is 9.06. The molecular formula is C16H4Br4F2N2. The molecule has 0 unspecified atom stereocenters. The van der Waals surface area contributed by atoms with E-state index in [0.29, 0.717) is 41.8 Å². The molecular weight excluding hydrogens is 578 g/mol. The zero-order chi connectivity index (χ0) is 17.2. The van der Waals surface area contributed by atoms with Crippen molar-refractivity contribution in [1.82, 2.24) is 9.97 Å². The van der Waals surface area contributed by atoms with Crippen molar-refractivity contribution >= 4 is 96.3 Å². The monoisotopic (exact) mass is 578 g/mol. The Morgan fingerprint density at radius 3 is 1.33 bits per heavy atom. The van der Waals surface area contributed by atoms with Gasteiger partial charge in [-0.05, 0) is 98.8 Å². The highest BCUT2D eigenvalue weighted by atomic mass is 79.9. The maximum atomic E-state index is 13.9. The number of hydrogen-bond donors (Lipinski definition) is 0. The highest BCUT2D eigenvalue weighted by Gasteiger charge is 2.17. The Morgan fingerprint density at radius 2 is 0.958 bits per heavy atom. The van der Waals surface area contributed by atoms with Gasteiger partial charge in [0.2, 0.25) is 0 Å². The number of pyridine rings is 2. The van der Waals surface area contributed by atoms with Crippen LogP contribution in [-0.2, 0) is 0 Å². The second kappa shape index (κ2) is 5.93. The van der Waals surface area contributed by atoms with Gasteiger partial charge in [0.15, 0.2) is 11.6 Å². The summed E-state index contributed by atoms with van der Waals surface area (Å²) < 4.78 is 30.4. The molecule has 0 atom stereocenters. The SMILES string of the molecule is Fc1cc2c(cc1F)c1cc(Br)c(Br)nc1c1nc(Br)c(Br)cc21. The average molecular weight is 582 g/mol. The number of halogens is 6. The van der Waals surface area contributed by atoms with Crippen molar-refractivity contribution in [3.63, 3.8) is 0 Å². The van der Waals surface area contributed by atoms with Gasteiger partial charge in [-0.2, -0.15) is 0 Å². The largest absolute Gasteiger partial charge is 0.237 e. The molecule has 2 nitrogen and oxygen atoms in total. The number of fused-ring (bicyclic) bond motifs is 6. The third kappa shape index (κ3) is 2.50. The molecule has 8 heteroatoms. The number of hydrogen-bond acceptors (Lipinski definition) is 2. The van der Waals surface area contributed by atoms with E-state index in [1.54, 1.807) is 0 Å². The quantitative estimate of drug-likeness (QED) is 0.161. The predicted octanol–water partition coefficient (Wildman–Crippen LogP) is 7.26. The number of benzene rings is 2. The van der Waals surface area contributed by atoms with Crippen LogP contribution in [0.2, 0.25) is 0 Å². The highest BCUT2D eigenvalue weighted by molar-refractivity contribution is 9.13. The van der Waals surface area contributed by atoms with Crippen molar-refractivity contribution < 1.29 is 8.78 Å². The summed E-state index contributed by atoms with van der Waals surface area (Å²) in [7, 11) is 0. The van der Waals surface area contributed by atoms with Crippen LogP contribution in [0, 0.1) is 11.6 Å². The molecule has 24 heavy (non-hydrogen) atoms. The fourth-order valence-corrected chi connectivity index (χ4v) is 3.92. The molecule has 0 aliphatic carbocycles. The minimum atomic E-state index is -0.897. The van der Waals surface area contributed by atoms with Crippen LogP contribution in [0.15, 0.2) is 42.4 Å². The first-order valence-corrected chi connectivity index (χ1v) is 9.76. The lowest BCUT2D eigenvalue weighted by Crippen LogP contribution is -1.93. The van der Waals surface area contributed by atoms with E-state index in [4.69, 9.17) is 0 Å². The van der Waals surface area contributed by atoms with Gasteiger partial charge in [-0.25, -0.2) is 18.7 Å². The van der Waals surface area contributed by atoms with E-state index in [0.717, 1.165) is 8.95 Å². The van der Waals surface area contributed by atoms with Gasteiger partial charge in [0.05, 0.1) is 20.0 Å². The second-order valence-electron chi connectivity index (χ2n) is 5.13. The second-order valence-corrected chi connectivity index (χ2v) is 8.34. The Labute approximate surface area is 168 Å². The molecule has 0 radical (unpaired) electrons. The van der Waals surface area contributed by atoms with E-state index < -0.39 is 11.6 Å². The number of rotatable bonds is 0. The minimum absolute atomic E-state index is 0.577. The molecule has 0 saturated heterocycles. The van der Waals surface area contributed by atoms with Crippen LogP contribution in [0.25, 0.3) is 32.6 Å². The molecule has 0 aliphatic rings. The van der Waals surface area contributed by atoms with Gasteiger partial charge in [-0.3, -0.25) is 0 Å². The molecule has 4 rings (SSSR count). The van der Waals surface area contributed by atoms with E-state index in [-0.39, 0.29) is 0 Å². The summed E-state index contributed by atoms with van der Waals surface area (Å²) in [6, 6.07) is 6.04. The lowest BCUT2D eigenvalue weighted by Gasteiger charge is -2.12. The zero-order valence-corrected chi connectivity index (χ0v) is 17.8. The first-order valence-electron chi connectivity index (χ1n) is 6.59. The lowest BCUT2D eigenvalue weighted by atomic mass is 9.99. The smallest absolute Gasteiger partial charge is 0.159 e. The lowest BCUT2D eigenvalue weighted by molar-refractivity contribution is 0.511. The van der Waals surface area contributed by atoms with Crippen LogP contribution >= 0.6 is 63.7 Å². The summed E-state index contributed by atoms with van der Waals surface area (Å²) in [6.45, 7) is 0. The van der Waals surface area contributed by atoms with Gasteiger partial charge in [0.25, 0.3) is 0 Å².